The lowest BCUT2D eigenvalue weighted by Gasteiger charge is -2.24. The molecule has 1 saturated heterocycles. The highest BCUT2D eigenvalue weighted by Gasteiger charge is 2.33. The smallest absolute Gasteiger partial charge is 0.275 e. The van der Waals surface area contributed by atoms with Gasteiger partial charge in [0.25, 0.3) is 11.8 Å². The lowest BCUT2D eigenvalue weighted by Crippen LogP contribution is -2.44. The summed E-state index contributed by atoms with van der Waals surface area (Å²) < 4.78 is 19.2. The van der Waals surface area contributed by atoms with Crippen molar-refractivity contribution in [2.24, 2.45) is 0 Å². The second kappa shape index (κ2) is 8.99. The molecular weight excluding hydrogens is 461 g/mol. The summed E-state index contributed by atoms with van der Waals surface area (Å²) in [5.41, 5.74) is 2.15. The highest BCUT2D eigenvalue weighted by atomic mass is 32.2. The summed E-state index contributed by atoms with van der Waals surface area (Å²) in [7, 11) is 0. The number of carbonyl (C=O) groups excluding carboxylic acids is 2. The second-order valence-corrected chi connectivity index (χ2v) is 9.90. The average molecular weight is 482 g/mol. The van der Waals surface area contributed by atoms with E-state index in [2.05, 4.69) is 10.3 Å². The highest BCUT2D eigenvalue weighted by Crippen LogP contribution is 2.33. The van der Waals surface area contributed by atoms with Crippen LogP contribution in [0.4, 0.5) is 4.39 Å². The SMILES string of the molecule is Cc1nc(C(=O)N2CSC[C@H]2CNC(=O)c2cccc3occc23)c(-c2cccc(F)c2)s1. The molecular formula is C24H20FN3O3S2. The van der Waals surface area contributed by atoms with Gasteiger partial charge in [0.1, 0.15) is 17.1 Å². The van der Waals surface area contributed by atoms with Crippen molar-refractivity contribution in [1.29, 1.82) is 0 Å². The molecule has 1 atom stereocenters. The molecule has 0 spiro atoms. The summed E-state index contributed by atoms with van der Waals surface area (Å²) in [6.07, 6.45) is 1.56. The van der Waals surface area contributed by atoms with Crippen LogP contribution in [-0.4, -0.2) is 45.9 Å². The van der Waals surface area contributed by atoms with Gasteiger partial charge in [-0.1, -0.05) is 18.2 Å². The van der Waals surface area contributed by atoms with Crippen molar-refractivity contribution in [3.63, 3.8) is 0 Å². The van der Waals surface area contributed by atoms with Crippen molar-refractivity contribution in [2.75, 3.05) is 18.2 Å². The molecule has 2 amide bonds. The van der Waals surface area contributed by atoms with Crippen LogP contribution in [0.3, 0.4) is 0 Å². The predicted molar refractivity (Wildman–Crippen MR) is 128 cm³/mol. The van der Waals surface area contributed by atoms with E-state index in [1.54, 1.807) is 53.3 Å². The van der Waals surface area contributed by atoms with Gasteiger partial charge in [-0.05, 0) is 42.8 Å². The largest absolute Gasteiger partial charge is 0.464 e. The first-order valence-corrected chi connectivity index (χ1v) is 12.3. The number of hydrogen-bond donors (Lipinski definition) is 1. The Bertz CT molecular complexity index is 1350. The van der Waals surface area contributed by atoms with Crippen molar-refractivity contribution < 1.29 is 18.4 Å². The standard InChI is InChI=1S/C24H20FN3O3S2/c1-14-27-21(22(33-14)15-4-2-5-16(25)10-15)24(30)28-13-32-12-17(28)11-26-23(29)19-6-3-7-20-18(19)8-9-31-20/h2-10,17H,11-13H2,1H3,(H,26,29)/t17-/m1/s1. The first-order valence-electron chi connectivity index (χ1n) is 10.4. The van der Waals surface area contributed by atoms with Gasteiger partial charge in [-0.3, -0.25) is 9.59 Å². The number of aryl methyl sites for hydroxylation is 1. The number of nitrogens with zero attached hydrogens (tertiary/aromatic N) is 2. The van der Waals surface area contributed by atoms with Gasteiger partial charge in [0.2, 0.25) is 0 Å². The van der Waals surface area contributed by atoms with Crippen molar-refractivity contribution in [3.05, 3.63) is 76.9 Å². The highest BCUT2D eigenvalue weighted by molar-refractivity contribution is 7.99. The predicted octanol–water partition coefficient (Wildman–Crippen LogP) is 4.95. The molecule has 4 aromatic rings. The van der Waals surface area contributed by atoms with Crippen LogP contribution < -0.4 is 5.32 Å². The van der Waals surface area contributed by atoms with E-state index in [9.17, 15) is 14.0 Å². The van der Waals surface area contributed by atoms with E-state index in [4.69, 9.17) is 4.42 Å². The van der Waals surface area contributed by atoms with E-state index < -0.39 is 0 Å². The Kier molecular flexibility index (Phi) is 5.90. The van der Waals surface area contributed by atoms with E-state index in [1.807, 2.05) is 13.0 Å². The molecule has 1 aliphatic heterocycles. The minimum Gasteiger partial charge on any atom is -0.464 e. The molecule has 1 N–H and O–H groups in total. The van der Waals surface area contributed by atoms with Crippen LogP contribution in [0.5, 0.6) is 0 Å². The van der Waals surface area contributed by atoms with Gasteiger partial charge in [0.15, 0.2) is 0 Å². The van der Waals surface area contributed by atoms with Gasteiger partial charge < -0.3 is 14.6 Å². The Morgan fingerprint density at radius 3 is 2.94 bits per heavy atom. The molecule has 33 heavy (non-hydrogen) atoms. The first-order chi connectivity index (χ1) is 16.0. The Morgan fingerprint density at radius 2 is 2.09 bits per heavy atom. The third-order valence-corrected chi connectivity index (χ3v) is 7.61. The first kappa shape index (κ1) is 21.7. The van der Waals surface area contributed by atoms with Crippen LogP contribution >= 0.6 is 23.1 Å². The molecule has 0 saturated carbocycles. The van der Waals surface area contributed by atoms with Gasteiger partial charge in [0, 0.05) is 17.7 Å². The maximum absolute atomic E-state index is 13.8. The Hall–Kier alpha value is -3.17. The number of halogens is 1. The monoisotopic (exact) mass is 481 g/mol. The van der Waals surface area contributed by atoms with Crippen LogP contribution in [0.2, 0.25) is 0 Å². The molecule has 1 fully saturated rings. The van der Waals surface area contributed by atoms with E-state index in [0.717, 1.165) is 10.4 Å². The summed E-state index contributed by atoms with van der Waals surface area (Å²) in [5.74, 6) is 0.439. The topological polar surface area (TPSA) is 75.4 Å². The summed E-state index contributed by atoms with van der Waals surface area (Å²) in [4.78, 5) is 33.1. The third kappa shape index (κ3) is 4.26. The molecule has 0 bridgehead atoms. The van der Waals surface area contributed by atoms with Crippen LogP contribution in [0.1, 0.15) is 25.9 Å². The van der Waals surface area contributed by atoms with Crippen molar-refractivity contribution in [1.82, 2.24) is 15.2 Å². The molecule has 2 aromatic carbocycles. The molecule has 6 nitrogen and oxygen atoms in total. The fourth-order valence-electron chi connectivity index (χ4n) is 3.91. The van der Waals surface area contributed by atoms with Gasteiger partial charge >= 0.3 is 0 Å². The van der Waals surface area contributed by atoms with Gasteiger partial charge in [-0.2, -0.15) is 0 Å². The Morgan fingerprint density at radius 1 is 1.24 bits per heavy atom. The maximum atomic E-state index is 13.8. The van der Waals surface area contributed by atoms with E-state index in [1.165, 1.54) is 23.5 Å². The number of rotatable bonds is 5. The number of fused-ring (bicyclic) bond motifs is 1. The average Bonchev–Trinajstić information content (AvgIpc) is 3.55. The van der Waals surface area contributed by atoms with E-state index in [0.29, 0.717) is 45.5 Å². The number of hydrogen-bond acceptors (Lipinski definition) is 6. The summed E-state index contributed by atoms with van der Waals surface area (Å²) in [5, 5.41) is 4.45. The number of aromatic nitrogens is 1. The van der Waals surface area contributed by atoms with Gasteiger partial charge in [0.05, 0.1) is 33.6 Å². The van der Waals surface area contributed by atoms with Crippen LogP contribution in [0.15, 0.2) is 59.2 Å². The molecule has 0 aliphatic carbocycles. The number of thioether (sulfide) groups is 1. The molecule has 0 radical (unpaired) electrons. The zero-order valence-electron chi connectivity index (χ0n) is 17.7. The van der Waals surface area contributed by atoms with Crippen LogP contribution in [-0.2, 0) is 0 Å². The minimum absolute atomic E-state index is 0.169. The maximum Gasteiger partial charge on any atom is 0.275 e. The molecule has 1 aliphatic rings. The van der Waals surface area contributed by atoms with E-state index in [-0.39, 0.29) is 23.7 Å². The molecule has 5 rings (SSSR count). The Labute approximate surface area is 197 Å². The van der Waals surface area contributed by atoms with E-state index >= 15 is 0 Å². The number of carbonyl (C=O) groups is 2. The number of nitrogens with one attached hydrogen (secondary N) is 1. The second-order valence-electron chi connectivity index (χ2n) is 7.70. The fraction of sp³-hybridized carbons (Fsp3) is 0.208. The van der Waals surface area contributed by atoms with Crippen LogP contribution in [0, 0.1) is 12.7 Å². The Balaban J connectivity index is 1.34. The van der Waals surface area contributed by atoms with Crippen molar-refractivity contribution in [2.45, 2.75) is 13.0 Å². The zero-order chi connectivity index (χ0) is 22.9. The lowest BCUT2D eigenvalue weighted by molar-refractivity contribution is 0.0732. The van der Waals surface area contributed by atoms with Crippen LogP contribution in [0.25, 0.3) is 21.4 Å². The number of furan rings is 1. The molecule has 168 valence electrons. The number of amides is 2. The van der Waals surface area contributed by atoms with Gasteiger partial charge in [-0.15, -0.1) is 23.1 Å². The lowest BCUT2D eigenvalue weighted by atomic mass is 10.1. The molecule has 9 heteroatoms. The number of benzene rings is 2. The summed E-state index contributed by atoms with van der Waals surface area (Å²) in [6.45, 7) is 2.15. The number of thiazole rings is 1. The molecule has 3 heterocycles. The molecule has 2 aromatic heterocycles. The zero-order valence-corrected chi connectivity index (χ0v) is 19.3. The van der Waals surface area contributed by atoms with Crippen molar-refractivity contribution >= 4 is 45.9 Å². The fourth-order valence-corrected chi connectivity index (χ4v) is 6.01. The minimum atomic E-state index is -0.359. The van der Waals surface area contributed by atoms with Crippen molar-refractivity contribution in [3.8, 4) is 10.4 Å². The quantitative estimate of drug-likeness (QED) is 0.437. The third-order valence-electron chi connectivity index (χ3n) is 5.50. The summed E-state index contributed by atoms with van der Waals surface area (Å²) >= 11 is 3.00. The van der Waals surface area contributed by atoms with Gasteiger partial charge in [-0.25, -0.2) is 9.37 Å². The summed E-state index contributed by atoms with van der Waals surface area (Å²) in [6, 6.07) is 13.1. The normalized spacial score (nSPS) is 15.8. The molecule has 0 unspecified atom stereocenters.